The van der Waals surface area contributed by atoms with Gasteiger partial charge in [0, 0.05) is 26.4 Å². The zero-order valence-corrected chi connectivity index (χ0v) is 22.5. The number of unbranched alkanes of at least 4 members (excludes halogenated alkanes) is 8. The van der Waals surface area contributed by atoms with Crippen LogP contribution < -0.4 is 0 Å². The van der Waals surface area contributed by atoms with Crippen LogP contribution in [0.2, 0.25) is 12.1 Å². The summed E-state index contributed by atoms with van der Waals surface area (Å²) >= 11 is 0. The highest BCUT2D eigenvalue weighted by atomic mass is 28.3. The lowest BCUT2D eigenvalue weighted by molar-refractivity contribution is 0.184. The Morgan fingerprint density at radius 1 is 0.379 bits per heavy atom. The van der Waals surface area contributed by atoms with Crippen LogP contribution in [0.15, 0.2) is 0 Å². The summed E-state index contributed by atoms with van der Waals surface area (Å²) in [5.74, 6) is 0. The van der Waals surface area contributed by atoms with E-state index in [1.807, 2.05) is 0 Å². The molecule has 0 amide bonds. The van der Waals surface area contributed by atoms with Gasteiger partial charge in [-0.05, 0) is 44.2 Å². The van der Waals surface area contributed by atoms with Gasteiger partial charge in [-0.25, -0.2) is 0 Å². The smallest absolute Gasteiger partial charge is 0.321 e. The highest BCUT2D eigenvalue weighted by molar-refractivity contribution is 6.46. The maximum atomic E-state index is 6.18. The van der Waals surface area contributed by atoms with Crippen molar-refractivity contribution >= 4 is 18.6 Å². The molecule has 0 atom stereocenters. The minimum Gasteiger partial charge on any atom is -0.397 e. The zero-order chi connectivity index (χ0) is 21.4. The lowest BCUT2D eigenvalue weighted by Gasteiger charge is -2.19. The molecule has 0 N–H and O–H groups in total. The maximum Gasteiger partial charge on any atom is 0.321 e. The molecule has 29 heavy (non-hydrogen) atoms. The Labute approximate surface area is 186 Å². The van der Waals surface area contributed by atoms with Gasteiger partial charge in [0.15, 0.2) is 0 Å². The van der Waals surface area contributed by atoms with E-state index >= 15 is 0 Å². The zero-order valence-electron chi connectivity index (χ0n) is 20.2. The van der Waals surface area contributed by atoms with E-state index in [9.17, 15) is 0 Å². The first-order valence-corrected chi connectivity index (χ1v) is 16.3. The van der Waals surface area contributed by atoms with Gasteiger partial charge in [0.25, 0.3) is 0 Å². The molecule has 0 rings (SSSR count). The van der Waals surface area contributed by atoms with Crippen LogP contribution >= 0.6 is 0 Å². The quantitative estimate of drug-likeness (QED) is 0.122. The van der Waals surface area contributed by atoms with E-state index in [0.717, 1.165) is 70.6 Å². The van der Waals surface area contributed by atoms with Gasteiger partial charge in [0.2, 0.25) is 0 Å². The molecular formula is C23H52O4Si2. The van der Waals surface area contributed by atoms with Crippen LogP contribution in [0.5, 0.6) is 0 Å². The fraction of sp³-hybridized carbons (Fsp3) is 1.00. The molecule has 0 saturated carbocycles. The Morgan fingerprint density at radius 2 is 0.655 bits per heavy atom. The first-order chi connectivity index (χ1) is 14.3. The molecular weight excluding hydrogens is 396 g/mol. The number of hydrogen-bond acceptors (Lipinski definition) is 4. The minimum atomic E-state index is -1.54. The van der Waals surface area contributed by atoms with Crippen LogP contribution in [-0.4, -0.2) is 45.0 Å². The second-order valence-electron chi connectivity index (χ2n) is 8.10. The molecule has 6 heteroatoms. The van der Waals surface area contributed by atoms with Gasteiger partial charge in [-0.1, -0.05) is 79.1 Å². The molecule has 0 aliphatic heterocycles. The normalized spacial score (nSPS) is 11.8. The van der Waals surface area contributed by atoms with E-state index < -0.39 is 18.6 Å². The van der Waals surface area contributed by atoms with E-state index in [2.05, 4.69) is 27.7 Å². The molecule has 0 spiro atoms. The van der Waals surface area contributed by atoms with Crippen LogP contribution in [0.4, 0.5) is 0 Å². The van der Waals surface area contributed by atoms with Crippen molar-refractivity contribution in [2.45, 2.75) is 123 Å². The van der Waals surface area contributed by atoms with E-state index in [1.165, 1.54) is 51.4 Å². The van der Waals surface area contributed by atoms with E-state index in [4.69, 9.17) is 17.7 Å². The van der Waals surface area contributed by atoms with Gasteiger partial charge in [-0.15, -0.1) is 0 Å². The van der Waals surface area contributed by atoms with Crippen molar-refractivity contribution in [1.29, 1.82) is 0 Å². The predicted octanol–water partition coefficient (Wildman–Crippen LogP) is 6.64. The molecule has 0 radical (unpaired) electrons. The molecule has 0 aliphatic rings. The van der Waals surface area contributed by atoms with Gasteiger partial charge in [0.1, 0.15) is 0 Å². The van der Waals surface area contributed by atoms with Crippen LogP contribution in [0, 0.1) is 0 Å². The number of rotatable bonds is 24. The van der Waals surface area contributed by atoms with Crippen molar-refractivity contribution in [3.05, 3.63) is 0 Å². The van der Waals surface area contributed by atoms with Crippen LogP contribution in [0.25, 0.3) is 0 Å². The summed E-state index contributed by atoms with van der Waals surface area (Å²) in [6.07, 6.45) is 15.8. The second-order valence-corrected chi connectivity index (χ2v) is 12.3. The molecule has 0 aromatic rings. The Balaban J connectivity index is 4.25. The molecule has 0 fully saturated rings. The summed E-state index contributed by atoms with van der Waals surface area (Å²) in [4.78, 5) is 0. The lowest BCUT2D eigenvalue weighted by atomic mass is 10.3. The highest BCUT2D eigenvalue weighted by Gasteiger charge is 2.18. The van der Waals surface area contributed by atoms with Gasteiger partial charge < -0.3 is 17.7 Å². The largest absolute Gasteiger partial charge is 0.397 e. The Bertz CT molecular complexity index is 257. The van der Waals surface area contributed by atoms with Crippen LogP contribution in [0.3, 0.4) is 0 Å². The Morgan fingerprint density at radius 3 is 0.897 bits per heavy atom. The van der Waals surface area contributed by atoms with Gasteiger partial charge in [0.05, 0.1) is 0 Å². The van der Waals surface area contributed by atoms with Crippen molar-refractivity contribution in [3.8, 4) is 0 Å². The molecule has 0 bridgehead atoms. The Kier molecular flexibility index (Phi) is 24.8. The standard InChI is InChI=1S/C23H52O4Si2/c1-5-9-13-18-24-28(25-19-14-10-6-2)22-17-23-29(26-20-15-11-7-3)27-21-16-12-8-4/h28-29H,5-23H2,1-4H3. The van der Waals surface area contributed by atoms with E-state index in [1.54, 1.807) is 0 Å². The summed E-state index contributed by atoms with van der Waals surface area (Å²) in [6.45, 7) is 12.5. The summed E-state index contributed by atoms with van der Waals surface area (Å²) in [6, 6.07) is 2.19. The summed E-state index contributed by atoms with van der Waals surface area (Å²) in [5, 5.41) is 0. The van der Waals surface area contributed by atoms with E-state index in [0.29, 0.717) is 0 Å². The third-order valence-electron chi connectivity index (χ3n) is 5.09. The summed E-state index contributed by atoms with van der Waals surface area (Å²) in [5.41, 5.74) is 0. The molecule has 0 heterocycles. The molecule has 4 nitrogen and oxygen atoms in total. The lowest BCUT2D eigenvalue weighted by Crippen LogP contribution is -2.27. The van der Waals surface area contributed by atoms with Crippen molar-refractivity contribution in [3.63, 3.8) is 0 Å². The maximum absolute atomic E-state index is 6.18. The third kappa shape index (κ3) is 21.3. The van der Waals surface area contributed by atoms with Crippen molar-refractivity contribution in [2.75, 3.05) is 26.4 Å². The monoisotopic (exact) mass is 448 g/mol. The van der Waals surface area contributed by atoms with Crippen LogP contribution in [0.1, 0.15) is 111 Å². The fourth-order valence-electron chi connectivity index (χ4n) is 3.15. The molecule has 0 aromatic heterocycles. The van der Waals surface area contributed by atoms with Crippen molar-refractivity contribution in [1.82, 2.24) is 0 Å². The molecule has 0 saturated heterocycles. The fourth-order valence-corrected chi connectivity index (χ4v) is 7.33. The molecule has 176 valence electrons. The highest BCUT2D eigenvalue weighted by Crippen LogP contribution is 2.12. The van der Waals surface area contributed by atoms with Crippen molar-refractivity contribution < 1.29 is 17.7 Å². The Hall–Kier alpha value is 0.274. The van der Waals surface area contributed by atoms with Gasteiger partial charge in [-0.2, -0.15) is 0 Å². The topological polar surface area (TPSA) is 36.9 Å². The average Bonchev–Trinajstić information content (AvgIpc) is 2.73. The third-order valence-corrected chi connectivity index (χ3v) is 9.28. The number of hydrogen-bond donors (Lipinski definition) is 0. The van der Waals surface area contributed by atoms with E-state index in [-0.39, 0.29) is 0 Å². The first-order valence-electron chi connectivity index (χ1n) is 12.7. The van der Waals surface area contributed by atoms with Gasteiger partial charge in [-0.3, -0.25) is 0 Å². The summed E-state index contributed by atoms with van der Waals surface area (Å²) in [7, 11) is -3.09. The predicted molar refractivity (Wildman–Crippen MR) is 130 cm³/mol. The molecule has 0 unspecified atom stereocenters. The molecule has 0 aliphatic carbocycles. The summed E-state index contributed by atoms with van der Waals surface area (Å²) < 4.78 is 24.7. The average molecular weight is 449 g/mol. The second kappa shape index (κ2) is 24.5. The minimum absolute atomic E-state index is 0.875. The molecule has 0 aromatic carbocycles. The SMILES string of the molecule is CCCCCO[SiH](CCC[SiH](OCCCCC)OCCCCC)OCCCCC. The first kappa shape index (κ1) is 29.3. The van der Waals surface area contributed by atoms with Crippen LogP contribution in [-0.2, 0) is 17.7 Å². The van der Waals surface area contributed by atoms with Gasteiger partial charge >= 0.3 is 18.6 Å². The van der Waals surface area contributed by atoms with Crippen molar-refractivity contribution in [2.24, 2.45) is 0 Å².